The smallest absolute Gasteiger partial charge is 0.256 e. The molecule has 7 heteroatoms. The van der Waals surface area contributed by atoms with Gasteiger partial charge >= 0.3 is 0 Å². The summed E-state index contributed by atoms with van der Waals surface area (Å²) in [6, 6.07) is 1.73. The number of aromatic nitrogens is 4. The van der Waals surface area contributed by atoms with Gasteiger partial charge in [0.15, 0.2) is 0 Å². The number of imidazole rings is 1. The maximum Gasteiger partial charge on any atom is 0.256 e. The first-order chi connectivity index (χ1) is 10.8. The van der Waals surface area contributed by atoms with Crippen LogP contribution in [-0.2, 0) is 17.8 Å². The Hall–Kier alpha value is -2.28. The van der Waals surface area contributed by atoms with E-state index in [-0.39, 0.29) is 11.9 Å². The lowest BCUT2D eigenvalue weighted by molar-refractivity contribution is 0.0422. The van der Waals surface area contributed by atoms with Crippen LogP contribution in [0.5, 0.6) is 0 Å². The van der Waals surface area contributed by atoms with Crippen LogP contribution in [0, 0.1) is 0 Å². The van der Waals surface area contributed by atoms with Crippen molar-refractivity contribution in [3.8, 4) is 0 Å². The maximum absolute atomic E-state index is 12.8. The molecule has 7 nitrogen and oxygen atoms in total. The van der Waals surface area contributed by atoms with Crippen LogP contribution in [0.3, 0.4) is 0 Å². The zero-order valence-electron chi connectivity index (χ0n) is 12.6. The van der Waals surface area contributed by atoms with E-state index in [0.717, 1.165) is 18.7 Å². The summed E-state index contributed by atoms with van der Waals surface area (Å²) in [4.78, 5) is 18.9. The zero-order valence-corrected chi connectivity index (χ0v) is 12.6. The minimum Gasteiger partial charge on any atom is -0.380 e. The lowest BCUT2D eigenvalue weighted by Crippen LogP contribution is -2.42. The van der Waals surface area contributed by atoms with E-state index in [1.54, 1.807) is 6.07 Å². The van der Waals surface area contributed by atoms with E-state index in [1.807, 2.05) is 24.3 Å². The molecular formula is C15H19N5O2. The Kier molecular flexibility index (Phi) is 4.43. The van der Waals surface area contributed by atoms with Crippen LogP contribution in [0.1, 0.15) is 29.4 Å². The molecule has 116 valence electrons. The molecule has 0 fully saturated rings. The Labute approximate surface area is 128 Å². The first-order valence-electron chi connectivity index (χ1n) is 7.44. The molecule has 0 bridgehead atoms. The highest BCUT2D eigenvalue weighted by Gasteiger charge is 2.28. The molecule has 2 aromatic rings. The summed E-state index contributed by atoms with van der Waals surface area (Å²) in [5.74, 6) is -0.0470. The van der Waals surface area contributed by atoms with Crippen molar-refractivity contribution in [2.24, 2.45) is 0 Å². The van der Waals surface area contributed by atoms with Gasteiger partial charge < -0.3 is 14.2 Å². The molecule has 0 aromatic carbocycles. The molecule has 0 spiro atoms. The molecule has 1 aliphatic rings. The molecule has 2 aromatic heterocycles. The number of aryl methyl sites for hydroxylation is 1. The number of fused-ring (bicyclic) bond motifs is 1. The summed E-state index contributed by atoms with van der Waals surface area (Å²) in [6.07, 6.45) is 7.51. The van der Waals surface area contributed by atoms with Gasteiger partial charge in [-0.15, -0.1) is 0 Å². The Morgan fingerprint density at radius 1 is 1.41 bits per heavy atom. The summed E-state index contributed by atoms with van der Waals surface area (Å²) >= 11 is 0. The van der Waals surface area contributed by atoms with Crippen LogP contribution in [0.15, 0.2) is 31.0 Å². The van der Waals surface area contributed by atoms with Gasteiger partial charge in [0.05, 0.1) is 49.2 Å². The third-order valence-corrected chi connectivity index (χ3v) is 3.88. The highest BCUT2D eigenvalue weighted by Crippen LogP contribution is 2.20. The lowest BCUT2D eigenvalue weighted by atomic mass is 10.1. The molecule has 3 rings (SSSR count). The molecule has 0 unspecified atom stereocenters. The van der Waals surface area contributed by atoms with Crippen LogP contribution in [0.2, 0.25) is 0 Å². The van der Waals surface area contributed by atoms with E-state index in [0.29, 0.717) is 25.3 Å². The van der Waals surface area contributed by atoms with E-state index in [1.165, 1.54) is 12.4 Å². The monoisotopic (exact) mass is 301 g/mol. The molecule has 0 aliphatic carbocycles. The van der Waals surface area contributed by atoms with E-state index in [4.69, 9.17) is 4.74 Å². The molecule has 1 amide bonds. The number of ether oxygens (including phenoxy) is 1. The Morgan fingerprint density at radius 2 is 2.32 bits per heavy atom. The number of carbonyl (C=O) groups is 1. The summed E-state index contributed by atoms with van der Waals surface area (Å²) < 4.78 is 7.67. The van der Waals surface area contributed by atoms with Gasteiger partial charge in [-0.2, -0.15) is 10.2 Å². The second kappa shape index (κ2) is 6.65. The fourth-order valence-corrected chi connectivity index (χ4v) is 2.68. The average Bonchev–Trinajstić information content (AvgIpc) is 2.93. The fourth-order valence-electron chi connectivity index (χ4n) is 2.68. The van der Waals surface area contributed by atoms with Gasteiger partial charge in [-0.1, -0.05) is 0 Å². The van der Waals surface area contributed by atoms with Crippen LogP contribution < -0.4 is 0 Å². The SMILES string of the molecule is CCOC[C@H]1CCn2cncc2CN1C(=O)c1ccnnc1. The standard InChI is InChI=1S/C15H19N5O2/c1-2-22-10-13-4-6-19-11-16-8-14(19)9-20(13)15(21)12-3-5-17-18-7-12/h3,5,7-8,11,13H,2,4,6,9-10H2,1H3/t13-/m1/s1. The van der Waals surface area contributed by atoms with Crippen LogP contribution >= 0.6 is 0 Å². The molecule has 1 aliphatic heterocycles. The van der Waals surface area contributed by atoms with Crippen molar-refractivity contribution >= 4 is 5.91 Å². The highest BCUT2D eigenvalue weighted by molar-refractivity contribution is 5.94. The van der Waals surface area contributed by atoms with Crippen molar-refractivity contribution in [1.82, 2.24) is 24.6 Å². The van der Waals surface area contributed by atoms with Crippen LogP contribution in [0.25, 0.3) is 0 Å². The fraction of sp³-hybridized carbons (Fsp3) is 0.467. The van der Waals surface area contributed by atoms with E-state index < -0.39 is 0 Å². The molecular weight excluding hydrogens is 282 g/mol. The first-order valence-corrected chi connectivity index (χ1v) is 7.44. The van der Waals surface area contributed by atoms with Gasteiger partial charge in [-0.25, -0.2) is 4.98 Å². The quantitative estimate of drug-likeness (QED) is 0.846. The molecule has 1 atom stereocenters. The lowest BCUT2D eigenvalue weighted by Gasteiger charge is -2.29. The normalized spacial score (nSPS) is 17.9. The molecule has 0 radical (unpaired) electrons. The van der Waals surface area contributed by atoms with Crippen LogP contribution in [-0.4, -0.2) is 49.8 Å². The number of nitrogens with zero attached hydrogens (tertiary/aromatic N) is 5. The Morgan fingerprint density at radius 3 is 3.09 bits per heavy atom. The first kappa shape index (κ1) is 14.6. The third-order valence-electron chi connectivity index (χ3n) is 3.88. The highest BCUT2D eigenvalue weighted by atomic mass is 16.5. The van der Waals surface area contributed by atoms with Crippen molar-refractivity contribution in [3.63, 3.8) is 0 Å². The number of amides is 1. The average molecular weight is 301 g/mol. The van der Waals surface area contributed by atoms with Gasteiger partial charge in [0.25, 0.3) is 5.91 Å². The van der Waals surface area contributed by atoms with Gasteiger partial charge in [0.1, 0.15) is 0 Å². The molecule has 3 heterocycles. The number of rotatable bonds is 4. The van der Waals surface area contributed by atoms with E-state index in [2.05, 4.69) is 19.7 Å². The zero-order chi connectivity index (χ0) is 15.4. The predicted molar refractivity (Wildman–Crippen MR) is 79.0 cm³/mol. The minimum atomic E-state index is -0.0470. The predicted octanol–water partition coefficient (Wildman–Crippen LogP) is 1.12. The summed E-state index contributed by atoms with van der Waals surface area (Å²) in [7, 11) is 0. The summed E-state index contributed by atoms with van der Waals surface area (Å²) in [5.41, 5.74) is 1.58. The van der Waals surface area contributed by atoms with E-state index in [9.17, 15) is 4.79 Å². The van der Waals surface area contributed by atoms with Crippen molar-refractivity contribution < 1.29 is 9.53 Å². The number of carbonyl (C=O) groups excluding carboxylic acids is 1. The number of hydrogen-bond donors (Lipinski definition) is 0. The second-order valence-corrected chi connectivity index (χ2v) is 5.24. The molecule has 0 saturated heterocycles. The van der Waals surface area contributed by atoms with Gasteiger partial charge in [-0.05, 0) is 19.4 Å². The molecule has 0 saturated carbocycles. The second-order valence-electron chi connectivity index (χ2n) is 5.24. The summed E-state index contributed by atoms with van der Waals surface area (Å²) in [5, 5.41) is 7.53. The molecule has 22 heavy (non-hydrogen) atoms. The van der Waals surface area contributed by atoms with Crippen molar-refractivity contribution in [2.75, 3.05) is 13.2 Å². The largest absolute Gasteiger partial charge is 0.380 e. The van der Waals surface area contributed by atoms with Gasteiger partial charge in [-0.3, -0.25) is 4.79 Å². The van der Waals surface area contributed by atoms with Crippen molar-refractivity contribution in [2.45, 2.75) is 32.5 Å². The van der Waals surface area contributed by atoms with Crippen LogP contribution in [0.4, 0.5) is 0 Å². The maximum atomic E-state index is 12.8. The minimum absolute atomic E-state index is 0.0421. The van der Waals surface area contributed by atoms with Gasteiger partial charge in [0, 0.05) is 19.3 Å². The Bertz CT molecular complexity index is 628. The topological polar surface area (TPSA) is 73.1 Å². The van der Waals surface area contributed by atoms with Gasteiger partial charge in [0.2, 0.25) is 0 Å². The van der Waals surface area contributed by atoms with Crippen molar-refractivity contribution in [3.05, 3.63) is 42.2 Å². The number of hydrogen-bond acceptors (Lipinski definition) is 5. The third kappa shape index (κ3) is 2.99. The van der Waals surface area contributed by atoms with Crippen molar-refractivity contribution in [1.29, 1.82) is 0 Å². The van der Waals surface area contributed by atoms with E-state index >= 15 is 0 Å². The summed E-state index contributed by atoms with van der Waals surface area (Å²) in [6.45, 7) is 4.51. The Balaban J connectivity index is 1.86. The molecule has 0 N–H and O–H groups in total.